The molecule has 0 unspecified atom stereocenters. The van der Waals surface area contributed by atoms with Crippen LogP contribution in [-0.2, 0) is 11.3 Å². The van der Waals surface area contributed by atoms with Gasteiger partial charge in [0.15, 0.2) is 4.67 Å². The molecular formula is C9H10BrNO2. The first kappa shape index (κ1) is 8.81. The molecule has 1 aromatic rings. The maximum Gasteiger partial charge on any atom is 0.223 e. The van der Waals surface area contributed by atoms with Crippen molar-refractivity contribution in [3.05, 3.63) is 22.6 Å². The van der Waals surface area contributed by atoms with Crippen LogP contribution in [0.15, 0.2) is 21.2 Å². The average Bonchev–Trinajstić information content (AvgIpc) is 2.64. The van der Waals surface area contributed by atoms with Gasteiger partial charge in [-0.3, -0.25) is 4.79 Å². The third-order valence-electron chi connectivity index (χ3n) is 2.15. The van der Waals surface area contributed by atoms with Gasteiger partial charge in [-0.05, 0) is 34.5 Å². The normalized spacial score (nSPS) is 17.0. The van der Waals surface area contributed by atoms with E-state index in [1.807, 2.05) is 17.0 Å². The first-order valence-corrected chi connectivity index (χ1v) is 5.07. The number of likely N-dealkylation sites (tertiary alicyclic amines) is 1. The molecule has 1 aliphatic rings. The predicted octanol–water partition coefficient (Wildman–Crippen LogP) is 2.16. The summed E-state index contributed by atoms with van der Waals surface area (Å²) in [7, 11) is 0. The summed E-state index contributed by atoms with van der Waals surface area (Å²) < 4.78 is 6.03. The van der Waals surface area contributed by atoms with Crippen LogP contribution < -0.4 is 0 Å². The first-order valence-electron chi connectivity index (χ1n) is 4.28. The SMILES string of the molecule is O=C1CCCN1Cc1ccc(Br)o1. The van der Waals surface area contributed by atoms with Crippen LogP contribution in [0.25, 0.3) is 0 Å². The molecule has 0 spiro atoms. The number of nitrogens with zero attached hydrogens (tertiary/aromatic N) is 1. The molecule has 0 bridgehead atoms. The Morgan fingerprint density at radius 1 is 1.54 bits per heavy atom. The molecule has 0 saturated carbocycles. The van der Waals surface area contributed by atoms with E-state index in [1.54, 1.807) is 0 Å². The van der Waals surface area contributed by atoms with Crippen molar-refractivity contribution < 1.29 is 9.21 Å². The maximum atomic E-state index is 11.3. The summed E-state index contributed by atoms with van der Waals surface area (Å²) in [6.07, 6.45) is 1.66. The second-order valence-corrected chi connectivity index (χ2v) is 3.91. The van der Waals surface area contributed by atoms with Crippen molar-refractivity contribution in [1.29, 1.82) is 0 Å². The van der Waals surface area contributed by atoms with E-state index in [4.69, 9.17) is 4.42 Å². The van der Waals surface area contributed by atoms with Gasteiger partial charge in [-0.1, -0.05) is 0 Å². The molecule has 13 heavy (non-hydrogen) atoms. The summed E-state index contributed by atoms with van der Waals surface area (Å²) in [5, 5.41) is 0. The molecule has 1 amide bonds. The molecular weight excluding hydrogens is 234 g/mol. The Morgan fingerprint density at radius 3 is 2.92 bits per heavy atom. The Morgan fingerprint density at radius 2 is 2.38 bits per heavy atom. The zero-order valence-electron chi connectivity index (χ0n) is 7.12. The van der Waals surface area contributed by atoms with E-state index >= 15 is 0 Å². The van der Waals surface area contributed by atoms with E-state index in [1.165, 1.54) is 0 Å². The van der Waals surface area contributed by atoms with Crippen molar-refractivity contribution in [2.75, 3.05) is 6.54 Å². The summed E-state index contributed by atoms with van der Waals surface area (Å²) >= 11 is 3.23. The summed E-state index contributed by atoms with van der Waals surface area (Å²) in [4.78, 5) is 13.1. The summed E-state index contributed by atoms with van der Waals surface area (Å²) in [6.45, 7) is 1.46. The molecule has 3 nitrogen and oxygen atoms in total. The fourth-order valence-corrected chi connectivity index (χ4v) is 1.84. The van der Waals surface area contributed by atoms with Gasteiger partial charge in [0, 0.05) is 13.0 Å². The molecule has 2 heterocycles. The lowest BCUT2D eigenvalue weighted by molar-refractivity contribution is -0.128. The quantitative estimate of drug-likeness (QED) is 0.798. The van der Waals surface area contributed by atoms with E-state index in [0.29, 0.717) is 17.6 Å². The van der Waals surface area contributed by atoms with Gasteiger partial charge in [0.05, 0.1) is 6.54 Å². The molecule has 4 heteroatoms. The van der Waals surface area contributed by atoms with Crippen molar-refractivity contribution in [3.63, 3.8) is 0 Å². The van der Waals surface area contributed by atoms with Crippen LogP contribution in [0.4, 0.5) is 0 Å². The minimum atomic E-state index is 0.229. The second-order valence-electron chi connectivity index (χ2n) is 3.12. The van der Waals surface area contributed by atoms with Crippen LogP contribution in [-0.4, -0.2) is 17.4 Å². The summed E-state index contributed by atoms with van der Waals surface area (Å²) in [5.41, 5.74) is 0. The predicted molar refractivity (Wildman–Crippen MR) is 51.1 cm³/mol. The van der Waals surface area contributed by atoms with Crippen LogP contribution in [0.1, 0.15) is 18.6 Å². The average molecular weight is 244 g/mol. The highest BCUT2D eigenvalue weighted by atomic mass is 79.9. The highest BCUT2D eigenvalue weighted by molar-refractivity contribution is 9.10. The number of rotatable bonds is 2. The van der Waals surface area contributed by atoms with E-state index < -0.39 is 0 Å². The van der Waals surface area contributed by atoms with Crippen molar-refractivity contribution in [3.8, 4) is 0 Å². The van der Waals surface area contributed by atoms with E-state index in [0.717, 1.165) is 18.7 Å². The maximum absolute atomic E-state index is 11.3. The molecule has 70 valence electrons. The van der Waals surface area contributed by atoms with Gasteiger partial charge in [0.1, 0.15) is 5.76 Å². The Hall–Kier alpha value is -0.770. The fraction of sp³-hybridized carbons (Fsp3) is 0.444. The zero-order chi connectivity index (χ0) is 9.26. The molecule has 0 aromatic carbocycles. The van der Waals surface area contributed by atoms with Gasteiger partial charge in [-0.2, -0.15) is 0 Å². The van der Waals surface area contributed by atoms with Gasteiger partial charge in [0.2, 0.25) is 5.91 Å². The van der Waals surface area contributed by atoms with E-state index in [2.05, 4.69) is 15.9 Å². The van der Waals surface area contributed by atoms with Crippen LogP contribution in [0.5, 0.6) is 0 Å². The summed E-state index contributed by atoms with van der Waals surface area (Å²) in [5.74, 6) is 1.06. The molecule has 0 atom stereocenters. The Labute approximate surface area is 84.8 Å². The number of halogens is 1. The molecule has 2 rings (SSSR count). The second kappa shape index (κ2) is 3.54. The lowest BCUT2D eigenvalue weighted by atomic mass is 10.4. The standard InChI is InChI=1S/C9H10BrNO2/c10-8-4-3-7(13-8)6-11-5-1-2-9(11)12/h3-4H,1-2,5-6H2. The number of carbonyl (C=O) groups excluding carboxylic acids is 1. The van der Waals surface area contributed by atoms with Crippen molar-refractivity contribution in [1.82, 2.24) is 4.90 Å². The molecule has 0 N–H and O–H groups in total. The van der Waals surface area contributed by atoms with Crippen molar-refractivity contribution >= 4 is 21.8 Å². The first-order chi connectivity index (χ1) is 6.25. The van der Waals surface area contributed by atoms with Gasteiger partial charge in [-0.25, -0.2) is 0 Å². The van der Waals surface area contributed by atoms with Gasteiger partial charge in [-0.15, -0.1) is 0 Å². The van der Waals surface area contributed by atoms with E-state index in [-0.39, 0.29) is 5.91 Å². The fourth-order valence-electron chi connectivity index (χ4n) is 1.50. The van der Waals surface area contributed by atoms with E-state index in [9.17, 15) is 4.79 Å². The van der Waals surface area contributed by atoms with Crippen molar-refractivity contribution in [2.24, 2.45) is 0 Å². The minimum Gasteiger partial charge on any atom is -0.452 e. The summed E-state index contributed by atoms with van der Waals surface area (Å²) in [6, 6.07) is 3.73. The third-order valence-corrected chi connectivity index (χ3v) is 2.57. The minimum absolute atomic E-state index is 0.229. The number of hydrogen-bond donors (Lipinski definition) is 0. The van der Waals surface area contributed by atoms with Gasteiger partial charge >= 0.3 is 0 Å². The molecule has 1 aliphatic heterocycles. The number of hydrogen-bond acceptors (Lipinski definition) is 2. The highest BCUT2D eigenvalue weighted by Crippen LogP contribution is 2.18. The van der Waals surface area contributed by atoms with Crippen LogP contribution in [0, 0.1) is 0 Å². The highest BCUT2D eigenvalue weighted by Gasteiger charge is 2.20. The Bertz CT molecular complexity index is 321. The largest absolute Gasteiger partial charge is 0.452 e. The smallest absolute Gasteiger partial charge is 0.223 e. The molecule has 1 saturated heterocycles. The van der Waals surface area contributed by atoms with Crippen LogP contribution >= 0.6 is 15.9 Å². The van der Waals surface area contributed by atoms with Crippen LogP contribution in [0.2, 0.25) is 0 Å². The lowest BCUT2D eigenvalue weighted by Gasteiger charge is -2.12. The molecule has 0 radical (unpaired) electrons. The van der Waals surface area contributed by atoms with Crippen molar-refractivity contribution in [2.45, 2.75) is 19.4 Å². The Balaban J connectivity index is 2.01. The third kappa shape index (κ3) is 1.94. The van der Waals surface area contributed by atoms with Crippen LogP contribution in [0.3, 0.4) is 0 Å². The molecule has 1 aromatic heterocycles. The number of carbonyl (C=O) groups is 1. The van der Waals surface area contributed by atoms with Gasteiger partial charge < -0.3 is 9.32 Å². The van der Waals surface area contributed by atoms with Gasteiger partial charge in [0.25, 0.3) is 0 Å². The number of furan rings is 1. The molecule has 1 fully saturated rings. The molecule has 0 aliphatic carbocycles. The topological polar surface area (TPSA) is 33.5 Å². The Kier molecular flexibility index (Phi) is 2.40. The monoisotopic (exact) mass is 243 g/mol. The number of amides is 1. The lowest BCUT2D eigenvalue weighted by Crippen LogP contribution is -2.23. The zero-order valence-corrected chi connectivity index (χ0v) is 8.71.